The summed E-state index contributed by atoms with van der Waals surface area (Å²) in [5, 5.41) is 0. The Morgan fingerprint density at radius 3 is 1.91 bits per heavy atom. The summed E-state index contributed by atoms with van der Waals surface area (Å²) in [6, 6.07) is 0. The first-order valence-electron chi connectivity index (χ1n) is 7.48. The van der Waals surface area contributed by atoms with Crippen molar-refractivity contribution in [2.24, 2.45) is 5.41 Å². The van der Waals surface area contributed by atoms with Gasteiger partial charge in [0.2, 0.25) is 10.0 Å². The quantitative estimate of drug-likeness (QED) is 0.657. The fourth-order valence-electron chi connectivity index (χ4n) is 1.98. The second kappa shape index (κ2) is 7.83. The summed E-state index contributed by atoms with van der Waals surface area (Å²) in [7, 11) is -3.37. The van der Waals surface area contributed by atoms with Crippen molar-refractivity contribution in [2.45, 2.75) is 66.2 Å². The number of ether oxygens (including phenoxy) is 1. The van der Waals surface area contributed by atoms with E-state index in [2.05, 4.69) is 20.8 Å². The summed E-state index contributed by atoms with van der Waals surface area (Å²) < 4.78 is 43.3. The fraction of sp³-hybridized carbons (Fsp3) is 1.00. The normalized spacial score (nSPS) is 18.3. The molecule has 0 heterocycles. The number of rotatable bonds is 7. The second-order valence-electron chi connectivity index (χ2n) is 7.97. The van der Waals surface area contributed by atoms with Gasteiger partial charge >= 0.3 is 0 Å². The SMILES string of the molecule is CC(OC(CN(C(C)(C)C)S(C)(=O)=O)C[S@@+](C)[O-])C(C)(C)C. The van der Waals surface area contributed by atoms with Gasteiger partial charge in [0.05, 0.1) is 18.6 Å². The molecule has 0 saturated carbocycles. The van der Waals surface area contributed by atoms with Crippen molar-refractivity contribution >= 4 is 21.2 Å². The summed E-state index contributed by atoms with van der Waals surface area (Å²) in [6.07, 6.45) is 2.35. The Morgan fingerprint density at radius 2 is 1.64 bits per heavy atom. The first kappa shape index (κ1) is 22.2. The Labute approximate surface area is 140 Å². The minimum atomic E-state index is -3.37. The van der Waals surface area contributed by atoms with Crippen LogP contribution in [0.25, 0.3) is 0 Å². The fourth-order valence-corrected chi connectivity index (χ4v) is 4.12. The van der Waals surface area contributed by atoms with Crippen molar-refractivity contribution < 1.29 is 17.7 Å². The van der Waals surface area contributed by atoms with E-state index >= 15 is 0 Å². The molecule has 0 rings (SSSR count). The Balaban J connectivity index is 5.27. The van der Waals surface area contributed by atoms with Crippen molar-refractivity contribution in [3.8, 4) is 0 Å². The van der Waals surface area contributed by atoms with Gasteiger partial charge in [-0.05, 0) is 33.1 Å². The first-order valence-corrected chi connectivity index (χ1v) is 11.1. The molecule has 0 amide bonds. The number of hydrogen-bond acceptors (Lipinski definition) is 4. The predicted octanol–water partition coefficient (Wildman–Crippen LogP) is 2.24. The van der Waals surface area contributed by atoms with E-state index in [1.54, 1.807) is 6.26 Å². The summed E-state index contributed by atoms with van der Waals surface area (Å²) in [5.41, 5.74) is -0.611. The molecule has 0 spiro atoms. The van der Waals surface area contributed by atoms with Gasteiger partial charge in [-0.3, -0.25) is 0 Å². The van der Waals surface area contributed by atoms with Gasteiger partial charge in [0.25, 0.3) is 0 Å². The van der Waals surface area contributed by atoms with Gasteiger partial charge in [-0.1, -0.05) is 31.9 Å². The van der Waals surface area contributed by atoms with Gasteiger partial charge in [0, 0.05) is 12.1 Å². The Kier molecular flexibility index (Phi) is 7.90. The van der Waals surface area contributed by atoms with Crippen LogP contribution in [0.2, 0.25) is 0 Å². The van der Waals surface area contributed by atoms with Crippen LogP contribution in [0.1, 0.15) is 48.5 Å². The van der Waals surface area contributed by atoms with Crippen LogP contribution in [0.3, 0.4) is 0 Å². The van der Waals surface area contributed by atoms with E-state index in [0.29, 0.717) is 5.75 Å². The van der Waals surface area contributed by atoms with Crippen LogP contribution in [-0.4, -0.2) is 59.8 Å². The van der Waals surface area contributed by atoms with Gasteiger partial charge in [0.15, 0.2) is 0 Å². The molecule has 0 aromatic heterocycles. The Bertz CT molecular complexity index is 435. The first-order chi connectivity index (χ1) is 9.55. The van der Waals surface area contributed by atoms with E-state index in [-0.39, 0.29) is 18.1 Å². The Morgan fingerprint density at radius 1 is 1.18 bits per heavy atom. The minimum absolute atomic E-state index is 0.0643. The lowest BCUT2D eigenvalue weighted by Gasteiger charge is -2.38. The third-order valence-electron chi connectivity index (χ3n) is 3.55. The largest absolute Gasteiger partial charge is 0.616 e. The predicted molar refractivity (Wildman–Crippen MR) is 94.0 cm³/mol. The number of hydrogen-bond donors (Lipinski definition) is 0. The van der Waals surface area contributed by atoms with E-state index in [4.69, 9.17) is 4.74 Å². The van der Waals surface area contributed by atoms with Crippen LogP contribution >= 0.6 is 0 Å². The highest BCUT2D eigenvalue weighted by atomic mass is 32.2. The summed E-state index contributed by atoms with van der Waals surface area (Å²) in [5.74, 6) is 0.322. The van der Waals surface area contributed by atoms with Gasteiger partial charge < -0.3 is 9.29 Å². The van der Waals surface area contributed by atoms with Gasteiger partial charge in [-0.15, -0.1) is 0 Å². The number of sulfonamides is 1. The highest BCUT2D eigenvalue weighted by Crippen LogP contribution is 2.25. The van der Waals surface area contributed by atoms with Crippen molar-refractivity contribution in [2.75, 3.05) is 24.8 Å². The molecule has 134 valence electrons. The monoisotopic (exact) mass is 355 g/mol. The molecule has 0 aromatic rings. The van der Waals surface area contributed by atoms with Gasteiger partial charge in [-0.2, -0.15) is 4.31 Å². The standard InChI is InChI=1S/C15H33NO4S2/c1-12(14(2,3)4)20-13(11-21(8)17)10-16(15(5,6)7)22(9,18)19/h12-13H,10-11H2,1-9H3/t12?,13?,21-/m1/s1. The minimum Gasteiger partial charge on any atom is -0.616 e. The molecule has 0 aliphatic rings. The number of nitrogens with zero attached hydrogens (tertiary/aromatic N) is 1. The molecule has 0 bridgehead atoms. The molecule has 3 atom stereocenters. The van der Waals surface area contributed by atoms with Crippen LogP contribution in [0.4, 0.5) is 0 Å². The lowest BCUT2D eigenvalue weighted by molar-refractivity contribution is -0.0555. The smallest absolute Gasteiger partial charge is 0.211 e. The maximum absolute atomic E-state index is 12.1. The van der Waals surface area contributed by atoms with Crippen molar-refractivity contribution in [1.29, 1.82) is 0 Å². The van der Waals surface area contributed by atoms with Crippen LogP contribution < -0.4 is 0 Å². The van der Waals surface area contributed by atoms with Crippen molar-refractivity contribution in [3.63, 3.8) is 0 Å². The molecule has 0 radical (unpaired) electrons. The third kappa shape index (κ3) is 8.15. The average Bonchev–Trinajstić information content (AvgIpc) is 2.19. The van der Waals surface area contributed by atoms with Crippen LogP contribution in [-0.2, 0) is 25.9 Å². The lowest BCUT2D eigenvalue weighted by Crippen LogP contribution is -2.51. The molecule has 0 saturated heterocycles. The van der Waals surface area contributed by atoms with E-state index in [1.807, 2.05) is 27.7 Å². The molecule has 0 aromatic carbocycles. The van der Waals surface area contributed by atoms with Crippen molar-refractivity contribution in [1.82, 2.24) is 4.31 Å². The van der Waals surface area contributed by atoms with Crippen LogP contribution in [0, 0.1) is 5.41 Å². The second-order valence-corrected chi connectivity index (χ2v) is 11.4. The maximum Gasteiger partial charge on any atom is 0.211 e. The molecule has 0 aliphatic heterocycles. The highest BCUT2D eigenvalue weighted by Gasteiger charge is 2.35. The zero-order valence-electron chi connectivity index (χ0n) is 15.5. The van der Waals surface area contributed by atoms with Crippen LogP contribution in [0.15, 0.2) is 0 Å². The molecule has 7 heteroatoms. The molecule has 2 unspecified atom stereocenters. The lowest BCUT2D eigenvalue weighted by atomic mass is 9.90. The summed E-state index contributed by atoms with van der Waals surface area (Å²) >= 11 is -1.06. The highest BCUT2D eigenvalue weighted by molar-refractivity contribution is 7.90. The zero-order chi connectivity index (χ0) is 17.9. The van der Waals surface area contributed by atoms with E-state index in [1.165, 1.54) is 10.6 Å². The molecular formula is C15H33NO4S2. The maximum atomic E-state index is 12.1. The van der Waals surface area contributed by atoms with E-state index < -0.39 is 32.8 Å². The van der Waals surface area contributed by atoms with E-state index in [9.17, 15) is 13.0 Å². The van der Waals surface area contributed by atoms with Gasteiger partial charge in [-0.25, -0.2) is 8.42 Å². The average molecular weight is 356 g/mol. The van der Waals surface area contributed by atoms with Crippen molar-refractivity contribution in [3.05, 3.63) is 0 Å². The van der Waals surface area contributed by atoms with Gasteiger partial charge in [0.1, 0.15) is 11.9 Å². The molecule has 5 nitrogen and oxygen atoms in total. The summed E-state index contributed by atoms with van der Waals surface area (Å²) in [4.78, 5) is 0. The zero-order valence-corrected chi connectivity index (χ0v) is 17.1. The molecule has 0 aliphatic carbocycles. The molecule has 0 N–H and O–H groups in total. The Hall–Kier alpha value is 0.180. The topological polar surface area (TPSA) is 69.7 Å². The molecular weight excluding hydrogens is 322 g/mol. The molecule has 22 heavy (non-hydrogen) atoms. The third-order valence-corrected chi connectivity index (χ3v) is 5.89. The summed E-state index contributed by atoms with van der Waals surface area (Å²) in [6.45, 7) is 13.9. The van der Waals surface area contributed by atoms with E-state index in [0.717, 1.165) is 0 Å². The molecule has 0 fully saturated rings. The van der Waals surface area contributed by atoms with Crippen LogP contribution in [0.5, 0.6) is 0 Å².